The molecule has 2 aliphatic rings. The maximum absolute atomic E-state index is 14.0. The molecule has 2 aromatic rings. The summed E-state index contributed by atoms with van der Waals surface area (Å²) in [5.41, 5.74) is 1.53. The van der Waals surface area contributed by atoms with E-state index in [1.807, 2.05) is 47.4 Å². The summed E-state index contributed by atoms with van der Waals surface area (Å²) in [5.74, 6) is -0.0377. The highest BCUT2D eigenvalue weighted by Gasteiger charge is 2.28. The predicted octanol–water partition coefficient (Wildman–Crippen LogP) is 3.21. The van der Waals surface area contributed by atoms with Crippen LogP contribution in [0.15, 0.2) is 54.6 Å². The van der Waals surface area contributed by atoms with Crippen LogP contribution in [0.25, 0.3) is 0 Å². The van der Waals surface area contributed by atoms with Gasteiger partial charge in [-0.15, -0.1) is 0 Å². The fraction of sp³-hybridized carbons (Fsp3) is 0.462. The van der Waals surface area contributed by atoms with E-state index in [9.17, 15) is 14.0 Å². The Labute approximate surface area is 195 Å². The van der Waals surface area contributed by atoms with E-state index in [4.69, 9.17) is 0 Å². The molecule has 7 heteroatoms. The molecule has 0 aliphatic carbocycles. The minimum atomic E-state index is -0.158. The summed E-state index contributed by atoms with van der Waals surface area (Å²) in [6.07, 6.45) is 2.35. The van der Waals surface area contributed by atoms with Crippen molar-refractivity contribution in [1.29, 1.82) is 0 Å². The average Bonchev–Trinajstić information content (AvgIpc) is 3.06. The van der Waals surface area contributed by atoms with E-state index in [1.54, 1.807) is 6.07 Å². The molecule has 0 bridgehead atoms. The highest BCUT2D eigenvalue weighted by molar-refractivity contribution is 5.92. The number of likely N-dealkylation sites (tertiary alicyclic amines) is 1. The lowest BCUT2D eigenvalue weighted by Crippen LogP contribution is -2.46. The molecule has 0 saturated carbocycles. The number of nitrogens with zero attached hydrogens (tertiary/aromatic N) is 3. The fourth-order valence-corrected chi connectivity index (χ4v) is 4.66. The largest absolute Gasteiger partial charge is 0.342 e. The standard InChI is InChI=1S/C26H33FN4O2/c27-24-10-5-4-7-22(24)19-29-13-6-14-30(18-17-29)20-25(32)31-15-11-21(12-16-31)26(33)28-23-8-2-1-3-9-23/h1-5,7-10,21H,6,11-20H2,(H,28,33). The van der Waals surface area contributed by atoms with Crippen molar-refractivity contribution in [3.8, 4) is 0 Å². The second-order valence-corrected chi connectivity index (χ2v) is 9.01. The Kier molecular flexibility index (Phi) is 8.07. The van der Waals surface area contributed by atoms with Gasteiger partial charge in [0.25, 0.3) is 0 Å². The Hall–Kier alpha value is -2.77. The number of rotatable bonds is 6. The lowest BCUT2D eigenvalue weighted by Gasteiger charge is -2.33. The van der Waals surface area contributed by atoms with Crippen LogP contribution >= 0.6 is 0 Å². The number of piperidine rings is 1. The Balaban J connectivity index is 1.20. The number of amides is 2. The molecular weight excluding hydrogens is 419 g/mol. The van der Waals surface area contributed by atoms with Gasteiger partial charge in [-0.3, -0.25) is 19.4 Å². The van der Waals surface area contributed by atoms with E-state index >= 15 is 0 Å². The van der Waals surface area contributed by atoms with Crippen LogP contribution in [0.2, 0.25) is 0 Å². The Morgan fingerprint density at radius 2 is 1.52 bits per heavy atom. The Bertz CT molecular complexity index is 931. The molecule has 2 heterocycles. The molecule has 4 rings (SSSR count). The van der Waals surface area contributed by atoms with E-state index in [2.05, 4.69) is 15.1 Å². The Morgan fingerprint density at radius 3 is 2.27 bits per heavy atom. The summed E-state index contributed by atoms with van der Waals surface area (Å²) in [6.45, 7) is 5.66. The van der Waals surface area contributed by atoms with E-state index in [0.29, 0.717) is 39.0 Å². The smallest absolute Gasteiger partial charge is 0.236 e. The van der Waals surface area contributed by atoms with Crippen molar-refractivity contribution in [2.75, 3.05) is 51.1 Å². The molecule has 6 nitrogen and oxygen atoms in total. The molecule has 0 aromatic heterocycles. The molecular formula is C26H33FN4O2. The van der Waals surface area contributed by atoms with Crippen molar-refractivity contribution in [3.05, 3.63) is 66.0 Å². The zero-order chi connectivity index (χ0) is 23.0. The van der Waals surface area contributed by atoms with Crippen LogP contribution in [0, 0.1) is 11.7 Å². The summed E-state index contributed by atoms with van der Waals surface area (Å²) in [6, 6.07) is 16.4. The second kappa shape index (κ2) is 11.4. The van der Waals surface area contributed by atoms with E-state index in [-0.39, 0.29) is 23.5 Å². The van der Waals surface area contributed by atoms with Crippen molar-refractivity contribution in [2.24, 2.45) is 5.92 Å². The number of anilines is 1. The number of hydrogen-bond acceptors (Lipinski definition) is 4. The normalized spacial score (nSPS) is 18.6. The molecule has 2 amide bonds. The lowest BCUT2D eigenvalue weighted by molar-refractivity contribution is -0.135. The highest BCUT2D eigenvalue weighted by atomic mass is 19.1. The third-order valence-electron chi connectivity index (χ3n) is 6.65. The van der Waals surface area contributed by atoms with Gasteiger partial charge in [-0.2, -0.15) is 0 Å². The molecule has 0 unspecified atom stereocenters. The molecule has 2 aromatic carbocycles. The summed E-state index contributed by atoms with van der Waals surface area (Å²) in [4.78, 5) is 31.8. The molecule has 0 spiro atoms. The van der Waals surface area contributed by atoms with Crippen molar-refractivity contribution < 1.29 is 14.0 Å². The highest BCUT2D eigenvalue weighted by Crippen LogP contribution is 2.20. The monoisotopic (exact) mass is 452 g/mol. The van der Waals surface area contributed by atoms with Crippen molar-refractivity contribution in [3.63, 3.8) is 0 Å². The summed E-state index contributed by atoms with van der Waals surface area (Å²) in [7, 11) is 0. The van der Waals surface area contributed by atoms with Crippen molar-refractivity contribution in [2.45, 2.75) is 25.8 Å². The van der Waals surface area contributed by atoms with Gasteiger partial charge in [0.2, 0.25) is 11.8 Å². The van der Waals surface area contributed by atoms with Crippen LogP contribution in [0.3, 0.4) is 0 Å². The molecule has 0 radical (unpaired) electrons. The van der Waals surface area contributed by atoms with Gasteiger partial charge in [0, 0.05) is 49.9 Å². The molecule has 1 N–H and O–H groups in total. The zero-order valence-electron chi connectivity index (χ0n) is 19.1. The van der Waals surface area contributed by atoms with Crippen LogP contribution in [-0.4, -0.2) is 72.3 Å². The Morgan fingerprint density at radius 1 is 0.848 bits per heavy atom. The lowest BCUT2D eigenvalue weighted by atomic mass is 9.95. The van der Waals surface area contributed by atoms with Gasteiger partial charge in [0.05, 0.1) is 6.54 Å². The van der Waals surface area contributed by atoms with E-state index in [1.165, 1.54) is 6.07 Å². The number of carbonyl (C=O) groups excluding carboxylic acids is 2. The summed E-state index contributed by atoms with van der Waals surface area (Å²) >= 11 is 0. The first-order valence-corrected chi connectivity index (χ1v) is 11.9. The van der Waals surface area contributed by atoms with Gasteiger partial charge >= 0.3 is 0 Å². The summed E-state index contributed by atoms with van der Waals surface area (Å²) < 4.78 is 14.0. The van der Waals surface area contributed by atoms with Crippen molar-refractivity contribution >= 4 is 17.5 Å². The first kappa shape index (κ1) is 23.4. The van der Waals surface area contributed by atoms with Gasteiger partial charge in [-0.25, -0.2) is 4.39 Å². The third kappa shape index (κ3) is 6.62. The minimum Gasteiger partial charge on any atom is -0.342 e. The van der Waals surface area contributed by atoms with Crippen LogP contribution in [-0.2, 0) is 16.1 Å². The molecule has 2 fully saturated rings. The number of para-hydroxylation sites is 1. The van der Waals surface area contributed by atoms with E-state index in [0.717, 1.165) is 43.9 Å². The SMILES string of the molecule is O=C(Nc1ccccc1)C1CCN(C(=O)CN2CCCN(Cc3ccccc3F)CC2)CC1. The van der Waals surface area contributed by atoms with Crippen LogP contribution in [0.5, 0.6) is 0 Å². The maximum atomic E-state index is 14.0. The van der Waals surface area contributed by atoms with E-state index < -0.39 is 0 Å². The predicted molar refractivity (Wildman–Crippen MR) is 127 cm³/mol. The molecule has 33 heavy (non-hydrogen) atoms. The average molecular weight is 453 g/mol. The van der Waals surface area contributed by atoms with Crippen molar-refractivity contribution in [1.82, 2.24) is 14.7 Å². The van der Waals surface area contributed by atoms with Gasteiger partial charge < -0.3 is 10.2 Å². The minimum absolute atomic E-state index is 0.0377. The quantitative estimate of drug-likeness (QED) is 0.731. The van der Waals surface area contributed by atoms with Gasteiger partial charge in [-0.1, -0.05) is 36.4 Å². The number of nitrogens with one attached hydrogen (secondary N) is 1. The number of halogens is 1. The first-order chi connectivity index (χ1) is 16.1. The third-order valence-corrected chi connectivity index (χ3v) is 6.65. The zero-order valence-corrected chi connectivity index (χ0v) is 19.1. The number of hydrogen-bond donors (Lipinski definition) is 1. The topological polar surface area (TPSA) is 55.9 Å². The van der Waals surface area contributed by atoms with Gasteiger partial charge in [-0.05, 0) is 50.6 Å². The second-order valence-electron chi connectivity index (χ2n) is 9.01. The molecule has 0 atom stereocenters. The van der Waals surface area contributed by atoms with Gasteiger partial charge in [0.15, 0.2) is 0 Å². The maximum Gasteiger partial charge on any atom is 0.236 e. The van der Waals surface area contributed by atoms with Crippen LogP contribution in [0.4, 0.5) is 10.1 Å². The van der Waals surface area contributed by atoms with Gasteiger partial charge in [0.1, 0.15) is 5.82 Å². The summed E-state index contributed by atoms with van der Waals surface area (Å²) in [5, 5.41) is 2.97. The first-order valence-electron chi connectivity index (χ1n) is 11.9. The molecule has 2 saturated heterocycles. The fourth-order valence-electron chi connectivity index (χ4n) is 4.66. The number of carbonyl (C=O) groups is 2. The van der Waals surface area contributed by atoms with Crippen LogP contribution < -0.4 is 5.32 Å². The van der Waals surface area contributed by atoms with Crippen LogP contribution in [0.1, 0.15) is 24.8 Å². The number of benzene rings is 2. The molecule has 2 aliphatic heterocycles. The molecule has 176 valence electrons.